The van der Waals surface area contributed by atoms with Gasteiger partial charge >= 0.3 is 0 Å². The van der Waals surface area contributed by atoms with Crippen molar-refractivity contribution in [2.24, 2.45) is 0 Å². The molecule has 0 bridgehead atoms. The Labute approximate surface area is 230 Å². The summed E-state index contributed by atoms with van der Waals surface area (Å²) in [5.41, 5.74) is 6.52. The average molecular weight is 515 g/mol. The number of rotatable bonds is 2. The van der Waals surface area contributed by atoms with E-state index in [0.717, 1.165) is 27.6 Å². The van der Waals surface area contributed by atoms with Crippen LogP contribution in [0.3, 0.4) is 0 Å². The van der Waals surface area contributed by atoms with Crippen molar-refractivity contribution in [2.45, 2.75) is 71.1 Å². The Kier molecular flexibility index (Phi) is 4.86. The molecule has 1 aliphatic rings. The summed E-state index contributed by atoms with van der Waals surface area (Å²) in [4.78, 5) is 4.93. The Hall–Kier alpha value is -3.23. The standard InChI is InChI=1S/C36H35NS/c1-21(2)26-16-24(15-22-9-7-8-10-25(22)26)34-27-18-28-29-19-30-31(36(5,6)13-12-35(30,3)4)20-33(29)38-32(28)17-23(27)11-14-37-34/h7-11,14-21H,12-13H2,1-6H3/i21D. The number of thiophene rings is 1. The number of fused-ring (bicyclic) bond motifs is 6. The molecular formula is C36H35NS. The Bertz CT molecular complexity index is 1950. The maximum atomic E-state index is 8.87. The molecule has 0 fully saturated rings. The van der Waals surface area contributed by atoms with Gasteiger partial charge in [-0.2, -0.15) is 0 Å². The third-order valence-electron chi connectivity index (χ3n) is 9.00. The maximum absolute atomic E-state index is 8.87. The zero-order valence-electron chi connectivity index (χ0n) is 24.2. The van der Waals surface area contributed by atoms with E-state index < -0.39 is 5.89 Å². The van der Waals surface area contributed by atoms with Crippen molar-refractivity contribution in [3.8, 4) is 11.3 Å². The summed E-state index contributed by atoms with van der Waals surface area (Å²) in [6.45, 7) is 13.6. The van der Waals surface area contributed by atoms with Crippen molar-refractivity contribution >= 4 is 53.1 Å². The highest BCUT2D eigenvalue weighted by Crippen LogP contribution is 2.49. The second-order valence-corrected chi connectivity index (χ2v) is 13.8. The lowest BCUT2D eigenvalue weighted by Crippen LogP contribution is -2.33. The molecule has 2 heteroatoms. The van der Waals surface area contributed by atoms with Crippen LogP contribution in [0.4, 0.5) is 0 Å². The Morgan fingerprint density at radius 3 is 2.16 bits per heavy atom. The molecule has 7 rings (SSSR count). The summed E-state index contributed by atoms with van der Waals surface area (Å²) in [6.07, 6.45) is 4.38. The van der Waals surface area contributed by atoms with E-state index in [-0.39, 0.29) is 10.8 Å². The van der Waals surface area contributed by atoms with Gasteiger partial charge in [0.15, 0.2) is 0 Å². The smallest absolute Gasteiger partial charge is 0.0780 e. The van der Waals surface area contributed by atoms with Crippen LogP contribution in [0.5, 0.6) is 0 Å². The van der Waals surface area contributed by atoms with Gasteiger partial charge in [0.05, 0.1) is 5.69 Å². The van der Waals surface area contributed by atoms with Crippen LogP contribution in [0.1, 0.15) is 78.3 Å². The predicted molar refractivity (Wildman–Crippen MR) is 167 cm³/mol. The summed E-state index contributed by atoms with van der Waals surface area (Å²) >= 11 is 1.91. The predicted octanol–water partition coefficient (Wildman–Crippen LogP) is 10.9. The van der Waals surface area contributed by atoms with E-state index in [1.807, 2.05) is 31.4 Å². The fourth-order valence-corrected chi connectivity index (χ4v) is 7.75. The third kappa shape index (κ3) is 3.53. The molecule has 0 saturated carbocycles. The lowest BCUT2D eigenvalue weighted by atomic mass is 9.63. The van der Waals surface area contributed by atoms with Gasteiger partial charge in [0.2, 0.25) is 0 Å². The quantitative estimate of drug-likeness (QED) is 0.224. The first-order chi connectivity index (χ1) is 18.4. The number of pyridine rings is 1. The first kappa shape index (κ1) is 22.7. The van der Waals surface area contributed by atoms with Crippen LogP contribution in [0.25, 0.3) is 53.0 Å². The van der Waals surface area contributed by atoms with Crippen molar-refractivity contribution in [3.63, 3.8) is 0 Å². The number of hydrogen-bond donors (Lipinski definition) is 0. The van der Waals surface area contributed by atoms with E-state index in [9.17, 15) is 0 Å². The molecular weight excluding hydrogens is 478 g/mol. The zero-order valence-corrected chi connectivity index (χ0v) is 24.0. The van der Waals surface area contributed by atoms with Crippen LogP contribution in [-0.4, -0.2) is 4.98 Å². The summed E-state index contributed by atoms with van der Waals surface area (Å²) in [7, 11) is 0. The van der Waals surface area contributed by atoms with Gasteiger partial charge in [-0.3, -0.25) is 4.98 Å². The molecule has 0 amide bonds. The van der Waals surface area contributed by atoms with Gasteiger partial charge in [0, 0.05) is 38.7 Å². The minimum Gasteiger partial charge on any atom is -0.256 e. The molecule has 6 aromatic rings. The van der Waals surface area contributed by atoms with Crippen molar-refractivity contribution in [1.29, 1.82) is 0 Å². The summed E-state index contributed by atoms with van der Waals surface area (Å²) in [6, 6.07) is 24.7. The van der Waals surface area contributed by atoms with Crippen molar-refractivity contribution in [3.05, 3.63) is 89.6 Å². The van der Waals surface area contributed by atoms with Crippen molar-refractivity contribution in [2.75, 3.05) is 0 Å². The van der Waals surface area contributed by atoms with Crippen LogP contribution in [0.15, 0.2) is 72.9 Å². The molecule has 190 valence electrons. The van der Waals surface area contributed by atoms with Gasteiger partial charge in [0.1, 0.15) is 0 Å². The summed E-state index contributed by atoms with van der Waals surface area (Å²) in [5, 5.41) is 7.37. The summed E-state index contributed by atoms with van der Waals surface area (Å²) in [5.74, 6) is -0.712. The maximum Gasteiger partial charge on any atom is 0.0780 e. The molecule has 0 atom stereocenters. The molecule has 1 nitrogen and oxygen atoms in total. The van der Waals surface area contributed by atoms with Gasteiger partial charge in [-0.15, -0.1) is 11.3 Å². The van der Waals surface area contributed by atoms with E-state index in [4.69, 9.17) is 6.35 Å². The van der Waals surface area contributed by atoms with E-state index in [1.54, 1.807) is 0 Å². The van der Waals surface area contributed by atoms with E-state index >= 15 is 0 Å². The normalized spacial score (nSPS) is 17.3. The highest BCUT2D eigenvalue weighted by Gasteiger charge is 2.37. The molecule has 0 radical (unpaired) electrons. The van der Waals surface area contributed by atoms with Crippen LogP contribution in [0.2, 0.25) is 0 Å². The molecule has 0 spiro atoms. The Balaban J connectivity index is 1.51. The first-order valence-electron chi connectivity index (χ1n) is 14.3. The van der Waals surface area contributed by atoms with E-state index in [1.165, 1.54) is 54.9 Å². The lowest BCUT2D eigenvalue weighted by Gasteiger charge is -2.41. The SMILES string of the molecule is [2H]C(C)(C)c1cc(-c2nccc3cc4sc5cc6c(cc5c4cc23)C(C)(C)CCC6(C)C)cc2ccccc12. The fourth-order valence-electron chi connectivity index (χ4n) is 6.59. The highest BCUT2D eigenvalue weighted by molar-refractivity contribution is 7.25. The minimum atomic E-state index is -0.712. The fraction of sp³-hybridized carbons (Fsp3) is 0.306. The molecule has 4 aromatic carbocycles. The van der Waals surface area contributed by atoms with Gasteiger partial charge < -0.3 is 0 Å². The van der Waals surface area contributed by atoms with Crippen LogP contribution in [-0.2, 0) is 10.8 Å². The minimum absolute atomic E-state index is 0.182. The Morgan fingerprint density at radius 2 is 1.39 bits per heavy atom. The van der Waals surface area contributed by atoms with Gasteiger partial charge in [0.25, 0.3) is 0 Å². The summed E-state index contributed by atoms with van der Waals surface area (Å²) < 4.78 is 11.6. The van der Waals surface area contributed by atoms with Crippen LogP contribution < -0.4 is 0 Å². The largest absolute Gasteiger partial charge is 0.256 e. The van der Waals surface area contributed by atoms with Crippen LogP contribution >= 0.6 is 11.3 Å². The zero-order chi connectivity index (χ0) is 27.3. The molecule has 0 N–H and O–H groups in total. The van der Waals surface area contributed by atoms with E-state index in [2.05, 4.69) is 94.4 Å². The average Bonchev–Trinajstić information content (AvgIpc) is 3.24. The molecule has 0 aliphatic heterocycles. The van der Waals surface area contributed by atoms with E-state index in [0.29, 0.717) is 0 Å². The first-order valence-corrected chi connectivity index (χ1v) is 14.6. The topological polar surface area (TPSA) is 12.9 Å². The van der Waals surface area contributed by atoms with Gasteiger partial charge in [-0.25, -0.2) is 0 Å². The number of benzene rings is 4. The van der Waals surface area contributed by atoms with Crippen LogP contribution in [0, 0.1) is 0 Å². The molecule has 1 aliphatic carbocycles. The Morgan fingerprint density at radius 1 is 0.737 bits per heavy atom. The number of hydrogen-bond acceptors (Lipinski definition) is 2. The third-order valence-corrected chi connectivity index (χ3v) is 10.1. The number of nitrogens with zero attached hydrogens (tertiary/aromatic N) is 1. The molecule has 38 heavy (non-hydrogen) atoms. The monoisotopic (exact) mass is 514 g/mol. The van der Waals surface area contributed by atoms with Gasteiger partial charge in [-0.1, -0.05) is 65.8 Å². The highest BCUT2D eigenvalue weighted by atomic mass is 32.1. The molecule has 2 aromatic heterocycles. The lowest BCUT2D eigenvalue weighted by molar-refractivity contribution is 0.332. The molecule has 0 saturated heterocycles. The van der Waals surface area contributed by atoms with Gasteiger partial charge in [-0.05, 0) is 105 Å². The van der Waals surface area contributed by atoms with Crippen molar-refractivity contribution in [1.82, 2.24) is 4.98 Å². The molecule has 0 unspecified atom stereocenters. The second kappa shape index (κ2) is 8.13. The number of aromatic nitrogens is 1. The van der Waals surface area contributed by atoms with Crippen molar-refractivity contribution < 1.29 is 1.37 Å². The molecule has 2 heterocycles. The second-order valence-electron chi connectivity index (χ2n) is 12.7.